The molecule has 1 aromatic rings. The molecule has 0 saturated heterocycles. The summed E-state index contributed by atoms with van der Waals surface area (Å²) in [5.41, 5.74) is 1.87. The van der Waals surface area contributed by atoms with Crippen molar-refractivity contribution < 1.29 is 8.42 Å². The van der Waals surface area contributed by atoms with Gasteiger partial charge in [-0.05, 0) is 18.1 Å². The molecule has 0 aliphatic carbocycles. The van der Waals surface area contributed by atoms with Crippen LogP contribution in [0.15, 0.2) is 24.3 Å². The van der Waals surface area contributed by atoms with Crippen molar-refractivity contribution in [2.24, 2.45) is 0 Å². The first-order chi connectivity index (χ1) is 6.43. The number of sulfonamides is 1. The van der Waals surface area contributed by atoms with E-state index in [0.29, 0.717) is 0 Å². The van der Waals surface area contributed by atoms with E-state index in [4.69, 9.17) is 0 Å². The Morgan fingerprint density at radius 3 is 2.29 bits per heavy atom. The van der Waals surface area contributed by atoms with Gasteiger partial charge in [0, 0.05) is 14.1 Å². The zero-order valence-corrected chi connectivity index (χ0v) is 9.50. The quantitative estimate of drug-likeness (QED) is 0.761. The van der Waals surface area contributed by atoms with Gasteiger partial charge < -0.3 is 0 Å². The van der Waals surface area contributed by atoms with Gasteiger partial charge in [0.2, 0.25) is 10.0 Å². The molecule has 0 atom stereocenters. The fraction of sp³-hybridized carbons (Fsp3) is 0.400. The van der Waals surface area contributed by atoms with E-state index in [1.807, 2.05) is 31.2 Å². The van der Waals surface area contributed by atoms with Gasteiger partial charge in [0.25, 0.3) is 0 Å². The van der Waals surface area contributed by atoms with E-state index in [0.717, 1.165) is 11.1 Å². The minimum Gasteiger partial charge on any atom is -0.212 e. The highest BCUT2D eigenvalue weighted by Gasteiger charge is 2.15. The van der Waals surface area contributed by atoms with Crippen LogP contribution >= 0.6 is 0 Å². The van der Waals surface area contributed by atoms with Crippen LogP contribution in [0.1, 0.15) is 11.1 Å². The third kappa shape index (κ3) is 2.56. The lowest BCUT2D eigenvalue weighted by Gasteiger charge is -2.12. The number of aryl methyl sites for hydroxylation is 1. The van der Waals surface area contributed by atoms with Crippen molar-refractivity contribution in [3.8, 4) is 0 Å². The third-order valence-electron chi connectivity index (χ3n) is 2.16. The zero-order chi connectivity index (χ0) is 10.8. The monoisotopic (exact) mass is 213 g/mol. The van der Waals surface area contributed by atoms with Crippen molar-refractivity contribution in [2.75, 3.05) is 14.1 Å². The molecule has 0 spiro atoms. The molecule has 1 rings (SSSR count). The lowest BCUT2D eigenvalue weighted by Crippen LogP contribution is -2.24. The average Bonchev–Trinajstić information content (AvgIpc) is 2.08. The van der Waals surface area contributed by atoms with E-state index >= 15 is 0 Å². The van der Waals surface area contributed by atoms with Crippen LogP contribution in [-0.4, -0.2) is 26.8 Å². The highest BCUT2D eigenvalue weighted by molar-refractivity contribution is 7.88. The topological polar surface area (TPSA) is 37.4 Å². The Morgan fingerprint density at radius 1 is 1.21 bits per heavy atom. The second-order valence-electron chi connectivity index (χ2n) is 3.47. The molecule has 14 heavy (non-hydrogen) atoms. The minimum atomic E-state index is -3.14. The van der Waals surface area contributed by atoms with Crippen LogP contribution in [0.5, 0.6) is 0 Å². The smallest absolute Gasteiger partial charge is 0.212 e. The molecule has 0 amide bonds. The number of hydrogen-bond acceptors (Lipinski definition) is 2. The Kier molecular flexibility index (Phi) is 3.29. The summed E-state index contributed by atoms with van der Waals surface area (Å²) in [6.07, 6.45) is 0. The van der Waals surface area contributed by atoms with E-state index in [1.54, 1.807) is 14.1 Å². The number of hydrogen-bond donors (Lipinski definition) is 0. The molecule has 0 aliphatic rings. The van der Waals surface area contributed by atoms with Crippen LogP contribution in [-0.2, 0) is 15.8 Å². The molecule has 0 saturated carbocycles. The van der Waals surface area contributed by atoms with E-state index in [-0.39, 0.29) is 5.75 Å². The first kappa shape index (κ1) is 11.2. The molecule has 0 aliphatic heterocycles. The molecule has 1 aromatic carbocycles. The van der Waals surface area contributed by atoms with Gasteiger partial charge in [-0.2, -0.15) is 0 Å². The Hall–Kier alpha value is -0.870. The summed E-state index contributed by atoms with van der Waals surface area (Å²) in [4.78, 5) is 0. The molecule has 0 radical (unpaired) electrons. The number of benzene rings is 1. The largest absolute Gasteiger partial charge is 0.217 e. The minimum absolute atomic E-state index is 0.0761. The molecular weight excluding hydrogens is 198 g/mol. The van der Waals surface area contributed by atoms with E-state index in [9.17, 15) is 8.42 Å². The molecule has 78 valence electrons. The Bertz CT molecular complexity index is 410. The van der Waals surface area contributed by atoms with E-state index in [1.165, 1.54) is 4.31 Å². The third-order valence-corrected chi connectivity index (χ3v) is 3.94. The van der Waals surface area contributed by atoms with Gasteiger partial charge in [-0.15, -0.1) is 0 Å². The summed E-state index contributed by atoms with van der Waals surface area (Å²) < 4.78 is 24.4. The highest BCUT2D eigenvalue weighted by Crippen LogP contribution is 2.12. The van der Waals surface area contributed by atoms with Crippen molar-refractivity contribution in [1.29, 1.82) is 0 Å². The molecule has 3 nitrogen and oxygen atoms in total. The Balaban J connectivity index is 2.96. The van der Waals surface area contributed by atoms with Crippen LogP contribution in [0.2, 0.25) is 0 Å². The SMILES string of the molecule is Cc1ccccc1CS(=O)(=O)N(C)C. The summed E-state index contributed by atoms with van der Waals surface area (Å²) >= 11 is 0. The van der Waals surface area contributed by atoms with Gasteiger partial charge in [0.1, 0.15) is 0 Å². The number of nitrogens with zero attached hydrogens (tertiary/aromatic N) is 1. The van der Waals surface area contributed by atoms with Crippen LogP contribution in [0.3, 0.4) is 0 Å². The first-order valence-electron chi connectivity index (χ1n) is 4.38. The first-order valence-corrected chi connectivity index (χ1v) is 5.99. The van der Waals surface area contributed by atoms with E-state index < -0.39 is 10.0 Å². The van der Waals surface area contributed by atoms with Crippen LogP contribution in [0, 0.1) is 6.92 Å². The molecule has 0 N–H and O–H groups in total. The maximum atomic E-state index is 11.6. The van der Waals surface area contributed by atoms with Gasteiger partial charge >= 0.3 is 0 Å². The fourth-order valence-electron chi connectivity index (χ4n) is 1.10. The fourth-order valence-corrected chi connectivity index (χ4v) is 2.07. The van der Waals surface area contributed by atoms with Crippen LogP contribution in [0.25, 0.3) is 0 Å². The van der Waals surface area contributed by atoms with Crippen molar-refractivity contribution in [2.45, 2.75) is 12.7 Å². The van der Waals surface area contributed by atoms with Crippen molar-refractivity contribution in [1.82, 2.24) is 4.31 Å². The molecule has 0 aromatic heterocycles. The van der Waals surface area contributed by atoms with Crippen molar-refractivity contribution >= 4 is 10.0 Å². The summed E-state index contributed by atoms with van der Waals surface area (Å²) in [6, 6.07) is 7.52. The van der Waals surface area contributed by atoms with Gasteiger partial charge in [0.15, 0.2) is 0 Å². The van der Waals surface area contributed by atoms with Crippen LogP contribution in [0.4, 0.5) is 0 Å². The second kappa shape index (κ2) is 4.11. The molecule has 0 unspecified atom stereocenters. The molecule has 0 fully saturated rings. The summed E-state index contributed by atoms with van der Waals surface area (Å²) in [5, 5.41) is 0. The lowest BCUT2D eigenvalue weighted by atomic mass is 10.1. The van der Waals surface area contributed by atoms with Crippen molar-refractivity contribution in [3.63, 3.8) is 0 Å². The zero-order valence-electron chi connectivity index (χ0n) is 8.69. The maximum Gasteiger partial charge on any atom is 0.217 e. The normalized spacial score (nSPS) is 12.0. The van der Waals surface area contributed by atoms with Gasteiger partial charge in [-0.1, -0.05) is 24.3 Å². The maximum absolute atomic E-state index is 11.6. The van der Waals surface area contributed by atoms with Crippen molar-refractivity contribution in [3.05, 3.63) is 35.4 Å². The molecule has 4 heteroatoms. The Labute approximate surface area is 85.4 Å². The molecule has 0 heterocycles. The lowest BCUT2D eigenvalue weighted by molar-refractivity contribution is 0.519. The average molecular weight is 213 g/mol. The predicted octanol–water partition coefficient (Wildman–Crippen LogP) is 1.39. The molecular formula is C10H15NO2S. The summed E-state index contributed by atoms with van der Waals surface area (Å²) in [7, 11) is -0.0420. The summed E-state index contributed by atoms with van der Waals surface area (Å²) in [6.45, 7) is 1.92. The van der Waals surface area contributed by atoms with Gasteiger partial charge in [-0.3, -0.25) is 0 Å². The Morgan fingerprint density at radius 2 is 1.79 bits per heavy atom. The van der Waals surface area contributed by atoms with E-state index in [2.05, 4.69) is 0 Å². The predicted molar refractivity (Wildman–Crippen MR) is 57.5 cm³/mol. The summed E-state index contributed by atoms with van der Waals surface area (Å²) in [5.74, 6) is 0.0761. The number of rotatable bonds is 3. The standard InChI is InChI=1S/C10H15NO2S/c1-9-6-4-5-7-10(9)8-14(12,13)11(2)3/h4-7H,8H2,1-3H3. The van der Waals surface area contributed by atoms with Gasteiger partial charge in [0.05, 0.1) is 5.75 Å². The second-order valence-corrected chi connectivity index (χ2v) is 5.65. The molecule has 0 bridgehead atoms. The van der Waals surface area contributed by atoms with Crippen LogP contribution < -0.4 is 0 Å². The highest BCUT2D eigenvalue weighted by atomic mass is 32.2. The van der Waals surface area contributed by atoms with Gasteiger partial charge in [-0.25, -0.2) is 12.7 Å².